The molecular weight excluding hydrogens is 392 g/mol. The molecule has 1 aromatic carbocycles. The van der Waals surface area contributed by atoms with Gasteiger partial charge >= 0.3 is 11.9 Å². The lowest BCUT2D eigenvalue weighted by Crippen LogP contribution is -2.24. The molecule has 0 saturated heterocycles. The van der Waals surface area contributed by atoms with Crippen molar-refractivity contribution in [2.24, 2.45) is 0 Å². The van der Waals surface area contributed by atoms with Crippen molar-refractivity contribution in [1.29, 1.82) is 0 Å². The topological polar surface area (TPSA) is 82.1 Å². The smallest absolute Gasteiger partial charge is 0.352 e. The molecule has 0 bridgehead atoms. The number of phenolic OH excluding ortho intramolecular Hbond substituents is 1. The van der Waals surface area contributed by atoms with Crippen LogP contribution in [0.2, 0.25) is 5.02 Å². The number of thiophene rings is 1. The first kappa shape index (κ1) is 21.1. The van der Waals surface area contributed by atoms with Gasteiger partial charge in [0, 0.05) is 0 Å². The van der Waals surface area contributed by atoms with Gasteiger partial charge in [-0.15, -0.1) is 11.3 Å². The number of benzene rings is 1. The number of rotatable bonds is 6. The highest BCUT2D eigenvalue weighted by atomic mass is 35.5. The first-order valence-corrected chi connectivity index (χ1v) is 9.45. The number of halogens is 1. The van der Waals surface area contributed by atoms with Gasteiger partial charge in [-0.25, -0.2) is 9.59 Å². The van der Waals surface area contributed by atoms with Crippen LogP contribution in [0, 0.1) is 0 Å². The van der Waals surface area contributed by atoms with Gasteiger partial charge in [0.1, 0.15) is 16.4 Å². The standard InChI is InChI=1S/C19H21ClO6S/c1-5-24-13(22)10-25-15-14(20)16(11-7-6-8-12(21)9-11)27-17(15)18(23)26-19(2,3)4/h6-9,21H,5,10H2,1-4H3. The number of esters is 2. The lowest BCUT2D eigenvalue weighted by molar-refractivity contribution is -0.145. The summed E-state index contributed by atoms with van der Waals surface area (Å²) >= 11 is 7.50. The monoisotopic (exact) mass is 412 g/mol. The third-order valence-electron chi connectivity index (χ3n) is 3.14. The maximum Gasteiger partial charge on any atom is 0.352 e. The fourth-order valence-corrected chi connectivity index (χ4v) is 3.59. The maximum atomic E-state index is 12.6. The first-order chi connectivity index (χ1) is 12.6. The summed E-state index contributed by atoms with van der Waals surface area (Å²) < 4.78 is 15.7. The molecule has 0 aliphatic heterocycles. The molecule has 1 heterocycles. The van der Waals surface area contributed by atoms with Gasteiger partial charge in [0.2, 0.25) is 0 Å². The summed E-state index contributed by atoms with van der Waals surface area (Å²) in [6, 6.07) is 6.45. The van der Waals surface area contributed by atoms with Crippen LogP contribution in [0.25, 0.3) is 10.4 Å². The Morgan fingerprint density at radius 1 is 1.26 bits per heavy atom. The van der Waals surface area contributed by atoms with Crippen LogP contribution in [0.4, 0.5) is 0 Å². The SMILES string of the molecule is CCOC(=O)COc1c(C(=O)OC(C)(C)C)sc(-c2cccc(O)c2)c1Cl. The number of hydrogen-bond acceptors (Lipinski definition) is 7. The van der Waals surface area contributed by atoms with Crippen LogP contribution >= 0.6 is 22.9 Å². The van der Waals surface area contributed by atoms with Crippen molar-refractivity contribution < 1.29 is 28.9 Å². The van der Waals surface area contributed by atoms with E-state index < -0.39 is 17.5 Å². The van der Waals surface area contributed by atoms with Crippen molar-refractivity contribution in [1.82, 2.24) is 0 Å². The van der Waals surface area contributed by atoms with Crippen LogP contribution < -0.4 is 4.74 Å². The van der Waals surface area contributed by atoms with Crippen molar-refractivity contribution in [3.05, 3.63) is 34.2 Å². The quantitative estimate of drug-likeness (QED) is 0.694. The second-order valence-electron chi connectivity index (χ2n) is 6.55. The van der Waals surface area contributed by atoms with E-state index in [1.165, 1.54) is 12.1 Å². The maximum absolute atomic E-state index is 12.6. The molecule has 6 nitrogen and oxygen atoms in total. The van der Waals surface area contributed by atoms with E-state index >= 15 is 0 Å². The minimum absolute atomic E-state index is 0.0577. The lowest BCUT2D eigenvalue weighted by atomic mass is 10.2. The Kier molecular flexibility index (Phi) is 6.73. The molecule has 0 radical (unpaired) electrons. The summed E-state index contributed by atoms with van der Waals surface area (Å²) in [5.41, 5.74) is -0.0993. The third-order valence-corrected chi connectivity index (χ3v) is 4.81. The van der Waals surface area contributed by atoms with Gasteiger partial charge in [0.05, 0.1) is 11.5 Å². The van der Waals surface area contributed by atoms with Crippen molar-refractivity contribution in [2.75, 3.05) is 13.2 Å². The molecule has 0 fully saturated rings. The van der Waals surface area contributed by atoms with E-state index in [1.807, 2.05) is 0 Å². The molecule has 0 spiro atoms. The summed E-state index contributed by atoms with van der Waals surface area (Å²) in [5, 5.41) is 9.88. The molecule has 8 heteroatoms. The molecule has 0 aliphatic carbocycles. The largest absolute Gasteiger partial charge is 0.508 e. The van der Waals surface area contributed by atoms with E-state index in [9.17, 15) is 14.7 Å². The van der Waals surface area contributed by atoms with Gasteiger partial charge in [0.15, 0.2) is 17.2 Å². The van der Waals surface area contributed by atoms with Crippen molar-refractivity contribution in [3.8, 4) is 21.9 Å². The minimum Gasteiger partial charge on any atom is -0.508 e. The highest BCUT2D eigenvalue weighted by molar-refractivity contribution is 7.18. The molecule has 0 amide bonds. The van der Waals surface area contributed by atoms with Crippen molar-refractivity contribution in [2.45, 2.75) is 33.3 Å². The summed E-state index contributed by atoms with van der Waals surface area (Å²) in [6.45, 7) is 6.74. The molecule has 1 aromatic heterocycles. The summed E-state index contributed by atoms with van der Waals surface area (Å²) in [5.74, 6) is -1.07. The van der Waals surface area contributed by atoms with Gasteiger partial charge < -0.3 is 19.3 Å². The molecule has 0 unspecified atom stereocenters. The molecule has 0 atom stereocenters. The highest BCUT2D eigenvalue weighted by Gasteiger charge is 2.28. The molecule has 0 saturated carbocycles. The van der Waals surface area contributed by atoms with E-state index in [0.29, 0.717) is 10.4 Å². The Balaban J connectivity index is 2.44. The predicted octanol–water partition coefficient (Wildman–Crippen LogP) is 4.67. The van der Waals surface area contributed by atoms with E-state index in [0.717, 1.165) is 11.3 Å². The van der Waals surface area contributed by atoms with Crippen LogP contribution in [0.3, 0.4) is 0 Å². The van der Waals surface area contributed by atoms with Gasteiger partial charge in [-0.1, -0.05) is 23.7 Å². The van der Waals surface area contributed by atoms with Crippen LogP contribution in [-0.2, 0) is 14.3 Å². The molecule has 146 valence electrons. The predicted molar refractivity (Wildman–Crippen MR) is 104 cm³/mol. The normalized spacial score (nSPS) is 11.1. The van der Waals surface area contributed by atoms with Crippen LogP contribution in [0.15, 0.2) is 24.3 Å². The van der Waals surface area contributed by atoms with Crippen LogP contribution in [0.5, 0.6) is 11.5 Å². The summed E-state index contributed by atoms with van der Waals surface area (Å²) in [7, 11) is 0. The van der Waals surface area contributed by atoms with Crippen LogP contribution in [0.1, 0.15) is 37.4 Å². The number of hydrogen-bond donors (Lipinski definition) is 1. The Labute approximate surface area is 166 Å². The van der Waals surface area contributed by atoms with Gasteiger partial charge in [-0.3, -0.25) is 0 Å². The highest BCUT2D eigenvalue weighted by Crippen LogP contribution is 2.46. The first-order valence-electron chi connectivity index (χ1n) is 8.25. The number of phenols is 1. The zero-order valence-electron chi connectivity index (χ0n) is 15.5. The van der Waals surface area contributed by atoms with E-state index in [2.05, 4.69) is 0 Å². The number of ether oxygens (including phenoxy) is 3. The second-order valence-corrected chi connectivity index (χ2v) is 7.95. The van der Waals surface area contributed by atoms with Crippen molar-refractivity contribution >= 4 is 34.9 Å². The molecule has 27 heavy (non-hydrogen) atoms. The number of carbonyl (C=O) groups is 2. The van der Waals surface area contributed by atoms with E-state index in [1.54, 1.807) is 39.8 Å². The number of aromatic hydroxyl groups is 1. The summed E-state index contributed by atoms with van der Waals surface area (Å²) in [6.07, 6.45) is 0. The average Bonchev–Trinajstić information content (AvgIpc) is 2.88. The molecule has 1 N–H and O–H groups in total. The molecule has 0 aliphatic rings. The lowest BCUT2D eigenvalue weighted by Gasteiger charge is -2.19. The third kappa shape index (κ3) is 5.61. The second kappa shape index (κ2) is 8.63. The van der Waals surface area contributed by atoms with Gasteiger partial charge in [-0.05, 0) is 45.4 Å². The Hall–Kier alpha value is -2.25. The zero-order chi connectivity index (χ0) is 20.2. The zero-order valence-corrected chi connectivity index (χ0v) is 17.1. The van der Waals surface area contributed by atoms with E-state index in [-0.39, 0.29) is 34.6 Å². The molecule has 2 aromatic rings. The minimum atomic E-state index is -0.711. The van der Waals surface area contributed by atoms with Crippen LogP contribution in [-0.4, -0.2) is 35.9 Å². The fraction of sp³-hybridized carbons (Fsp3) is 0.368. The Morgan fingerprint density at radius 3 is 2.56 bits per heavy atom. The number of carbonyl (C=O) groups excluding carboxylic acids is 2. The summed E-state index contributed by atoms with van der Waals surface area (Å²) in [4.78, 5) is 24.9. The Bertz CT molecular complexity index is 837. The Morgan fingerprint density at radius 2 is 1.96 bits per heavy atom. The fourth-order valence-electron chi connectivity index (χ4n) is 2.15. The van der Waals surface area contributed by atoms with Gasteiger partial charge in [-0.2, -0.15) is 0 Å². The molecular formula is C19H21ClO6S. The molecule has 2 rings (SSSR count). The van der Waals surface area contributed by atoms with E-state index in [4.69, 9.17) is 25.8 Å². The van der Waals surface area contributed by atoms with Gasteiger partial charge in [0.25, 0.3) is 0 Å². The van der Waals surface area contributed by atoms with Crippen molar-refractivity contribution in [3.63, 3.8) is 0 Å². The average molecular weight is 413 g/mol.